The summed E-state index contributed by atoms with van der Waals surface area (Å²) in [5, 5.41) is 12.1. The molecule has 0 aliphatic carbocycles. The SMILES string of the molecule is CC(C)COCCCNc1ncc(Br)cc1C(=O)O. The van der Waals surface area contributed by atoms with Gasteiger partial charge in [0.2, 0.25) is 0 Å². The van der Waals surface area contributed by atoms with Crippen LogP contribution in [0.1, 0.15) is 30.6 Å². The number of rotatable bonds is 8. The van der Waals surface area contributed by atoms with Crippen molar-refractivity contribution in [3.8, 4) is 0 Å². The van der Waals surface area contributed by atoms with Gasteiger partial charge in [0.25, 0.3) is 0 Å². The lowest BCUT2D eigenvalue weighted by Crippen LogP contribution is -2.12. The molecule has 19 heavy (non-hydrogen) atoms. The Labute approximate surface area is 121 Å². The summed E-state index contributed by atoms with van der Waals surface area (Å²) in [6.45, 7) is 6.24. The van der Waals surface area contributed by atoms with E-state index in [1.807, 2.05) is 0 Å². The molecule has 6 heteroatoms. The molecule has 0 saturated heterocycles. The molecular formula is C13H19BrN2O3. The topological polar surface area (TPSA) is 71.5 Å². The Morgan fingerprint density at radius 1 is 1.58 bits per heavy atom. The molecule has 0 bridgehead atoms. The zero-order valence-electron chi connectivity index (χ0n) is 11.1. The van der Waals surface area contributed by atoms with E-state index in [-0.39, 0.29) is 5.56 Å². The number of carbonyl (C=O) groups is 1. The van der Waals surface area contributed by atoms with Crippen LogP contribution in [0.15, 0.2) is 16.7 Å². The van der Waals surface area contributed by atoms with Gasteiger partial charge in [0, 0.05) is 30.4 Å². The average Bonchev–Trinajstić information content (AvgIpc) is 2.34. The van der Waals surface area contributed by atoms with Gasteiger partial charge < -0.3 is 15.2 Å². The Bertz CT molecular complexity index is 424. The molecule has 5 nitrogen and oxygen atoms in total. The minimum atomic E-state index is -0.993. The molecule has 1 aromatic heterocycles. The molecule has 0 fully saturated rings. The van der Waals surface area contributed by atoms with Crippen LogP contribution in [0.25, 0.3) is 0 Å². The van der Waals surface area contributed by atoms with Crippen molar-refractivity contribution in [1.29, 1.82) is 0 Å². The van der Waals surface area contributed by atoms with Gasteiger partial charge in [0.05, 0.1) is 0 Å². The van der Waals surface area contributed by atoms with E-state index in [0.717, 1.165) is 13.0 Å². The lowest BCUT2D eigenvalue weighted by atomic mass is 10.2. The first kappa shape index (κ1) is 15.9. The zero-order chi connectivity index (χ0) is 14.3. The molecule has 0 radical (unpaired) electrons. The minimum absolute atomic E-state index is 0.164. The summed E-state index contributed by atoms with van der Waals surface area (Å²) >= 11 is 3.21. The largest absolute Gasteiger partial charge is 0.478 e. The predicted molar refractivity (Wildman–Crippen MR) is 77.7 cm³/mol. The van der Waals surface area contributed by atoms with Crippen molar-refractivity contribution < 1.29 is 14.6 Å². The molecule has 0 atom stereocenters. The van der Waals surface area contributed by atoms with Crippen LogP contribution in [0.2, 0.25) is 0 Å². The zero-order valence-corrected chi connectivity index (χ0v) is 12.7. The van der Waals surface area contributed by atoms with Crippen molar-refractivity contribution in [2.75, 3.05) is 25.1 Å². The van der Waals surface area contributed by atoms with Gasteiger partial charge in [-0.25, -0.2) is 9.78 Å². The Morgan fingerprint density at radius 3 is 2.95 bits per heavy atom. The lowest BCUT2D eigenvalue weighted by molar-refractivity contribution is 0.0697. The van der Waals surface area contributed by atoms with Crippen molar-refractivity contribution in [3.05, 3.63) is 22.3 Å². The van der Waals surface area contributed by atoms with Crippen LogP contribution in [-0.2, 0) is 4.74 Å². The molecule has 106 valence electrons. The fourth-order valence-electron chi connectivity index (χ4n) is 1.44. The number of aromatic nitrogens is 1. The molecule has 0 aliphatic rings. The Kier molecular flexibility index (Phi) is 6.80. The van der Waals surface area contributed by atoms with Crippen molar-refractivity contribution in [1.82, 2.24) is 4.98 Å². The van der Waals surface area contributed by atoms with Gasteiger partial charge in [-0.2, -0.15) is 0 Å². The van der Waals surface area contributed by atoms with Gasteiger partial charge in [0.1, 0.15) is 11.4 Å². The molecule has 0 amide bonds. The van der Waals surface area contributed by atoms with E-state index < -0.39 is 5.97 Å². The molecule has 0 saturated carbocycles. The quantitative estimate of drug-likeness (QED) is 0.717. The third-order valence-electron chi connectivity index (χ3n) is 2.29. The summed E-state index contributed by atoms with van der Waals surface area (Å²) in [4.78, 5) is 15.1. The number of carboxylic acids is 1. The number of halogens is 1. The molecule has 0 aromatic carbocycles. The highest BCUT2D eigenvalue weighted by Crippen LogP contribution is 2.17. The molecule has 0 spiro atoms. The Balaban J connectivity index is 2.39. The van der Waals surface area contributed by atoms with Crippen LogP contribution in [0.5, 0.6) is 0 Å². The van der Waals surface area contributed by atoms with Crippen molar-refractivity contribution in [3.63, 3.8) is 0 Å². The number of hydrogen-bond donors (Lipinski definition) is 2. The highest BCUT2D eigenvalue weighted by Gasteiger charge is 2.11. The monoisotopic (exact) mass is 330 g/mol. The van der Waals surface area contributed by atoms with Crippen LogP contribution < -0.4 is 5.32 Å². The fourth-order valence-corrected chi connectivity index (χ4v) is 1.77. The van der Waals surface area contributed by atoms with E-state index in [1.165, 1.54) is 6.07 Å². The number of carboxylic acid groups (broad SMARTS) is 1. The first-order chi connectivity index (χ1) is 9.00. The van der Waals surface area contributed by atoms with Crippen molar-refractivity contribution in [2.45, 2.75) is 20.3 Å². The standard InChI is InChI=1S/C13H19BrN2O3/c1-9(2)8-19-5-3-4-15-12-11(13(17)18)6-10(14)7-16-12/h6-7,9H,3-5,8H2,1-2H3,(H,15,16)(H,17,18). The third-order valence-corrected chi connectivity index (χ3v) is 2.73. The highest BCUT2D eigenvalue weighted by atomic mass is 79.9. The fraction of sp³-hybridized carbons (Fsp3) is 0.538. The van der Waals surface area contributed by atoms with E-state index >= 15 is 0 Å². The summed E-state index contributed by atoms with van der Waals surface area (Å²) in [6.07, 6.45) is 2.38. The predicted octanol–water partition coefficient (Wildman–Crippen LogP) is 3.02. The molecule has 1 aromatic rings. The van der Waals surface area contributed by atoms with Crippen molar-refractivity contribution >= 4 is 27.7 Å². The van der Waals surface area contributed by atoms with E-state index in [2.05, 4.69) is 40.1 Å². The lowest BCUT2D eigenvalue weighted by Gasteiger charge is -2.10. The molecule has 0 aliphatic heterocycles. The van der Waals surface area contributed by atoms with Crippen LogP contribution in [0.4, 0.5) is 5.82 Å². The number of ether oxygens (including phenoxy) is 1. The number of aromatic carboxylic acids is 1. The first-order valence-corrected chi connectivity index (χ1v) is 7.00. The number of nitrogens with zero attached hydrogens (tertiary/aromatic N) is 1. The molecule has 2 N–H and O–H groups in total. The summed E-state index contributed by atoms with van der Waals surface area (Å²) in [5.41, 5.74) is 0.164. The third kappa shape index (κ3) is 6.02. The Hall–Kier alpha value is -1.14. The smallest absolute Gasteiger partial charge is 0.339 e. The van der Waals surface area contributed by atoms with Crippen molar-refractivity contribution in [2.24, 2.45) is 5.92 Å². The first-order valence-electron chi connectivity index (χ1n) is 6.21. The van der Waals surface area contributed by atoms with Crippen LogP contribution in [0.3, 0.4) is 0 Å². The highest BCUT2D eigenvalue weighted by molar-refractivity contribution is 9.10. The normalized spacial score (nSPS) is 10.7. The number of nitrogens with one attached hydrogen (secondary N) is 1. The Morgan fingerprint density at radius 2 is 2.32 bits per heavy atom. The maximum atomic E-state index is 11.1. The van der Waals surface area contributed by atoms with E-state index in [0.29, 0.717) is 29.4 Å². The summed E-state index contributed by atoms with van der Waals surface area (Å²) in [7, 11) is 0. The maximum absolute atomic E-state index is 11.1. The van der Waals surface area contributed by atoms with Gasteiger partial charge >= 0.3 is 5.97 Å². The van der Waals surface area contributed by atoms with Gasteiger partial charge in [0.15, 0.2) is 0 Å². The summed E-state index contributed by atoms with van der Waals surface area (Å²) in [5.74, 6) is -0.0772. The second-order valence-corrected chi connectivity index (χ2v) is 5.52. The van der Waals surface area contributed by atoms with Gasteiger partial charge in [-0.05, 0) is 34.3 Å². The van der Waals surface area contributed by atoms with Crippen LogP contribution >= 0.6 is 15.9 Å². The molecule has 1 rings (SSSR count). The van der Waals surface area contributed by atoms with Gasteiger partial charge in [-0.1, -0.05) is 13.8 Å². The number of anilines is 1. The van der Waals surface area contributed by atoms with E-state index in [4.69, 9.17) is 9.84 Å². The maximum Gasteiger partial charge on any atom is 0.339 e. The molecular weight excluding hydrogens is 312 g/mol. The van der Waals surface area contributed by atoms with Crippen LogP contribution in [-0.4, -0.2) is 35.8 Å². The van der Waals surface area contributed by atoms with Gasteiger partial charge in [-0.3, -0.25) is 0 Å². The van der Waals surface area contributed by atoms with Crippen LogP contribution in [0, 0.1) is 5.92 Å². The second kappa shape index (κ2) is 8.12. The van der Waals surface area contributed by atoms with Gasteiger partial charge in [-0.15, -0.1) is 0 Å². The molecule has 0 unspecified atom stereocenters. The minimum Gasteiger partial charge on any atom is -0.478 e. The van der Waals surface area contributed by atoms with E-state index in [9.17, 15) is 4.79 Å². The van der Waals surface area contributed by atoms with E-state index in [1.54, 1.807) is 6.20 Å². The number of pyridine rings is 1. The summed E-state index contributed by atoms with van der Waals surface area (Å²) < 4.78 is 6.09. The second-order valence-electron chi connectivity index (χ2n) is 4.60. The average molecular weight is 331 g/mol. The molecule has 1 heterocycles. The number of hydrogen-bond acceptors (Lipinski definition) is 4. The summed E-state index contributed by atoms with van der Waals surface area (Å²) in [6, 6.07) is 1.53.